The van der Waals surface area contributed by atoms with Gasteiger partial charge in [0.2, 0.25) is 5.78 Å². The lowest BCUT2D eigenvalue weighted by molar-refractivity contribution is 0.103. The van der Waals surface area contributed by atoms with Crippen molar-refractivity contribution in [3.05, 3.63) is 78.3 Å². The van der Waals surface area contributed by atoms with Gasteiger partial charge in [-0.05, 0) is 30.3 Å². The summed E-state index contributed by atoms with van der Waals surface area (Å²) in [6, 6.07) is 7.39. The van der Waals surface area contributed by atoms with Crippen LogP contribution in [-0.2, 0) is 0 Å². The zero-order chi connectivity index (χ0) is 16.4. The van der Waals surface area contributed by atoms with Gasteiger partial charge in [0.05, 0.1) is 20.5 Å². The van der Waals surface area contributed by atoms with Crippen molar-refractivity contribution < 1.29 is 13.6 Å². The third kappa shape index (κ3) is 3.33. The number of aromatic nitrogens is 1. The molecule has 1 aromatic carbocycles. The second-order valence-electron chi connectivity index (χ2n) is 4.55. The minimum Gasteiger partial charge on any atom is -0.461 e. The maximum absolute atomic E-state index is 13.8. The first-order valence-corrected chi connectivity index (χ1v) is 7.68. The summed E-state index contributed by atoms with van der Waals surface area (Å²) in [6.07, 6.45) is 4.00. The number of furan rings is 1. The van der Waals surface area contributed by atoms with Crippen LogP contribution in [0, 0.1) is 5.82 Å². The predicted octanol–water partition coefficient (Wildman–Crippen LogP) is 2.31. The summed E-state index contributed by atoms with van der Waals surface area (Å²) >= 11 is 6.97. The van der Waals surface area contributed by atoms with Crippen LogP contribution in [0.15, 0.2) is 45.8 Å². The maximum Gasteiger partial charge on any atom is 0.266 e. The molecule has 4 nitrogen and oxygen atoms in total. The van der Waals surface area contributed by atoms with Crippen LogP contribution in [0.25, 0.3) is 12.2 Å². The van der Waals surface area contributed by atoms with Crippen molar-refractivity contribution in [1.82, 2.24) is 4.98 Å². The van der Waals surface area contributed by atoms with Crippen LogP contribution >= 0.6 is 22.9 Å². The molecule has 0 saturated carbocycles. The smallest absolute Gasteiger partial charge is 0.266 e. The molecule has 0 bridgehead atoms. The largest absolute Gasteiger partial charge is 0.461 e. The van der Waals surface area contributed by atoms with Gasteiger partial charge >= 0.3 is 0 Å². The Labute approximate surface area is 138 Å². The number of ketones is 1. The fourth-order valence-electron chi connectivity index (χ4n) is 1.91. The van der Waals surface area contributed by atoms with E-state index in [9.17, 15) is 14.0 Å². The number of rotatable bonds is 3. The van der Waals surface area contributed by atoms with Crippen LogP contribution in [0.2, 0.25) is 5.02 Å². The van der Waals surface area contributed by atoms with Crippen LogP contribution in [-0.4, -0.2) is 10.8 Å². The molecule has 7 heteroatoms. The van der Waals surface area contributed by atoms with Crippen molar-refractivity contribution in [3.8, 4) is 0 Å². The highest BCUT2D eigenvalue weighted by Crippen LogP contribution is 2.19. The molecule has 3 rings (SSSR count). The lowest BCUT2D eigenvalue weighted by atomic mass is 10.2. The van der Waals surface area contributed by atoms with E-state index in [1.54, 1.807) is 6.07 Å². The van der Waals surface area contributed by atoms with Gasteiger partial charge in [-0.1, -0.05) is 17.7 Å². The normalized spacial score (nSPS) is 12.8. The fourth-order valence-corrected chi connectivity index (χ4v) is 3.00. The van der Waals surface area contributed by atoms with E-state index in [1.807, 2.05) is 0 Å². The van der Waals surface area contributed by atoms with Crippen LogP contribution in [0.1, 0.15) is 16.1 Å². The highest BCUT2D eigenvalue weighted by atomic mass is 35.5. The van der Waals surface area contributed by atoms with Crippen molar-refractivity contribution in [2.24, 2.45) is 0 Å². The van der Waals surface area contributed by atoms with Gasteiger partial charge in [0.15, 0.2) is 5.76 Å². The summed E-state index contributed by atoms with van der Waals surface area (Å²) in [4.78, 5) is 26.4. The number of hydrogen-bond acceptors (Lipinski definition) is 4. The lowest BCUT2D eigenvalue weighted by Crippen LogP contribution is -2.20. The topological polar surface area (TPSA) is 63.1 Å². The number of hydrogen-bond donors (Lipinski definition) is 1. The maximum atomic E-state index is 13.8. The molecule has 116 valence electrons. The zero-order valence-corrected chi connectivity index (χ0v) is 13.1. The molecule has 3 aromatic rings. The van der Waals surface area contributed by atoms with Gasteiger partial charge in [0.25, 0.3) is 5.56 Å². The van der Waals surface area contributed by atoms with E-state index >= 15 is 0 Å². The van der Waals surface area contributed by atoms with E-state index in [1.165, 1.54) is 42.7 Å². The fraction of sp³-hybridized carbons (Fsp3) is 0. The van der Waals surface area contributed by atoms with Gasteiger partial charge in [-0.2, -0.15) is 0 Å². The predicted molar refractivity (Wildman–Crippen MR) is 86.7 cm³/mol. The Morgan fingerprint density at radius 1 is 1.30 bits per heavy atom. The first-order chi connectivity index (χ1) is 11.0. The second kappa shape index (κ2) is 6.36. The number of aromatic amines is 1. The number of benzene rings is 1. The molecule has 23 heavy (non-hydrogen) atoms. The summed E-state index contributed by atoms with van der Waals surface area (Å²) in [7, 11) is 0. The van der Waals surface area contributed by atoms with E-state index < -0.39 is 11.4 Å². The molecule has 0 radical (unpaired) electrons. The summed E-state index contributed by atoms with van der Waals surface area (Å²) in [5, 5.41) is 0.204. The average molecular weight is 350 g/mol. The molecule has 2 aromatic heterocycles. The Bertz CT molecular complexity index is 1010. The molecule has 0 fully saturated rings. The summed E-state index contributed by atoms with van der Waals surface area (Å²) in [5.74, 6) is -0.729. The Morgan fingerprint density at radius 3 is 2.83 bits per heavy atom. The number of Topliss-reactive ketones (excluding diaryl/α,β-unsaturated/α-hetero) is 1. The van der Waals surface area contributed by atoms with Crippen LogP contribution in [0.5, 0.6) is 0 Å². The number of carbonyl (C=O) groups excluding carboxylic acids is 1. The molecule has 2 heterocycles. The summed E-state index contributed by atoms with van der Waals surface area (Å²) in [5.41, 5.74) is -0.293. The molecule has 0 atom stereocenters. The first-order valence-electron chi connectivity index (χ1n) is 6.49. The van der Waals surface area contributed by atoms with Crippen molar-refractivity contribution in [2.75, 3.05) is 0 Å². The van der Waals surface area contributed by atoms with Crippen molar-refractivity contribution in [1.29, 1.82) is 0 Å². The molecule has 0 aliphatic heterocycles. The molecular weight excluding hydrogens is 341 g/mol. The first kappa shape index (κ1) is 15.5. The van der Waals surface area contributed by atoms with Crippen LogP contribution in [0.4, 0.5) is 4.39 Å². The number of carbonyl (C=O) groups is 1. The van der Waals surface area contributed by atoms with Gasteiger partial charge in [-0.25, -0.2) is 4.39 Å². The van der Waals surface area contributed by atoms with E-state index in [0.29, 0.717) is 4.66 Å². The Hall–Kier alpha value is -2.44. The zero-order valence-electron chi connectivity index (χ0n) is 11.5. The Balaban J connectivity index is 2.07. The van der Waals surface area contributed by atoms with Gasteiger partial charge in [-0.3, -0.25) is 9.59 Å². The molecule has 1 N–H and O–H groups in total. The molecule has 0 amide bonds. The number of nitrogens with one attached hydrogen (secondary N) is 1. The number of thiazole rings is 1. The van der Waals surface area contributed by atoms with Gasteiger partial charge < -0.3 is 9.40 Å². The third-order valence-corrected chi connectivity index (χ3v) is 4.27. The summed E-state index contributed by atoms with van der Waals surface area (Å²) < 4.78 is 19.4. The highest BCUT2D eigenvalue weighted by Gasteiger charge is 2.07. The summed E-state index contributed by atoms with van der Waals surface area (Å²) in [6.45, 7) is 0. The number of H-pyrrole nitrogens is 1. The average Bonchev–Trinajstić information content (AvgIpc) is 3.13. The van der Waals surface area contributed by atoms with Gasteiger partial charge in [0, 0.05) is 11.6 Å². The van der Waals surface area contributed by atoms with E-state index in [-0.39, 0.29) is 26.7 Å². The van der Waals surface area contributed by atoms with Crippen molar-refractivity contribution in [3.63, 3.8) is 0 Å². The number of halogens is 2. The standard InChI is InChI=1S/C16H9ClFNO3S/c17-10-3-1-4-11(18)9(10)7-14-16(21)19-15(23-14)8-12(20)13-5-2-6-22-13/h1-8H,(H,19,21)/b14-7-,15-8-. The van der Waals surface area contributed by atoms with Crippen molar-refractivity contribution in [2.45, 2.75) is 0 Å². The lowest BCUT2D eigenvalue weighted by Gasteiger charge is -1.97. The van der Waals surface area contributed by atoms with E-state index in [2.05, 4.69) is 4.98 Å². The monoisotopic (exact) mass is 349 g/mol. The van der Waals surface area contributed by atoms with Gasteiger partial charge in [0.1, 0.15) is 5.82 Å². The Morgan fingerprint density at radius 2 is 2.13 bits per heavy atom. The van der Waals surface area contributed by atoms with Gasteiger partial charge in [-0.15, -0.1) is 11.3 Å². The SMILES string of the molecule is O=C(/C=c1/[nH]c(=O)/c(=C/c2c(F)cccc2Cl)s1)c1ccco1. The molecule has 0 unspecified atom stereocenters. The molecule has 0 aliphatic carbocycles. The molecule has 0 aliphatic rings. The minimum absolute atomic E-state index is 0.130. The van der Waals surface area contributed by atoms with Crippen LogP contribution in [0.3, 0.4) is 0 Å². The minimum atomic E-state index is -0.525. The van der Waals surface area contributed by atoms with E-state index in [4.69, 9.17) is 16.0 Å². The second-order valence-corrected chi connectivity index (χ2v) is 6.04. The Kier molecular flexibility index (Phi) is 4.27. The third-order valence-electron chi connectivity index (χ3n) is 2.98. The highest BCUT2D eigenvalue weighted by molar-refractivity contribution is 7.07. The van der Waals surface area contributed by atoms with Crippen LogP contribution < -0.4 is 14.8 Å². The van der Waals surface area contributed by atoms with Crippen molar-refractivity contribution >= 4 is 40.9 Å². The quantitative estimate of drug-likeness (QED) is 0.738. The van der Waals surface area contributed by atoms with E-state index in [0.717, 1.165) is 11.3 Å². The molecular formula is C16H9ClFNO3S. The molecule has 0 saturated heterocycles. The molecule has 0 spiro atoms.